The molecule has 1 N–H and O–H groups in total. The molecule has 0 fully saturated rings. The Balaban J connectivity index is 2.21. The van der Waals surface area contributed by atoms with Crippen LogP contribution >= 0.6 is 24.4 Å². The maximum Gasteiger partial charge on any atom is 0.337 e. The van der Waals surface area contributed by atoms with Crippen LogP contribution in [0.5, 0.6) is 0 Å². The number of carbonyl (C=O) groups is 1. The maximum atomic E-state index is 12.2. The first-order valence-electron chi connectivity index (χ1n) is 5.97. The molecule has 0 atom stereocenters. The summed E-state index contributed by atoms with van der Waals surface area (Å²) in [5.41, 5.74) is 2.41. The molecule has 4 nitrogen and oxygen atoms in total. The molecule has 1 aromatic carbocycles. The van der Waals surface area contributed by atoms with Crippen LogP contribution in [-0.2, 0) is 0 Å². The van der Waals surface area contributed by atoms with Crippen LogP contribution in [-0.4, -0.2) is 11.0 Å². The Bertz CT molecular complexity index is 648. The van der Waals surface area contributed by atoms with E-state index in [0.717, 1.165) is 11.1 Å². The summed E-state index contributed by atoms with van der Waals surface area (Å²) in [5.74, 6) is 0.510. The van der Waals surface area contributed by atoms with Crippen molar-refractivity contribution >= 4 is 42.0 Å². The minimum absolute atomic E-state index is 0.388. The van der Waals surface area contributed by atoms with Crippen LogP contribution in [0, 0.1) is 13.8 Å². The van der Waals surface area contributed by atoms with E-state index in [1.165, 1.54) is 4.31 Å². The summed E-state index contributed by atoms with van der Waals surface area (Å²) in [6.45, 7) is 3.75. The van der Waals surface area contributed by atoms with Crippen molar-refractivity contribution in [2.75, 3.05) is 9.62 Å². The highest BCUT2D eigenvalue weighted by Gasteiger charge is 2.16. The predicted octanol–water partition coefficient (Wildman–Crippen LogP) is 4.24. The number of carbonyl (C=O) groups excluding carboxylic acids is 1. The lowest BCUT2D eigenvalue weighted by Gasteiger charge is -2.19. The van der Waals surface area contributed by atoms with Gasteiger partial charge in [0.1, 0.15) is 5.82 Å². The van der Waals surface area contributed by atoms with Crippen LogP contribution in [0.1, 0.15) is 11.1 Å². The molecule has 6 heteroatoms. The van der Waals surface area contributed by atoms with E-state index >= 15 is 0 Å². The fraction of sp³-hybridized carbons (Fsp3) is 0.143. The van der Waals surface area contributed by atoms with Gasteiger partial charge in [0.2, 0.25) is 0 Å². The number of anilines is 2. The number of nitrogens with one attached hydrogen (secondary N) is 1. The maximum absolute atomic E-state index is 12.2. The number of benzene rings is 1. The summed E-state index contributed by atoms with van der Waals surface area (Å²) in [4.78, 5) is 16.3. The molecule has 0 bridgehead atoms. The predicted molar refractivity (Wildman–Crippen MR) is 85.6 cm³/mol. The van der Waals surface area contributed by atoms with Gasteiger partial charge in [0.15, 0.2) is 0 Å². The van der Waals surface area contributed by atoms with Gasteiger partial charge in [0.25, 0.3) is 0 Å². The molecule has 0 saturated heterocycles. The zero-order chi connectivity index (χ0) is 14.7. The van der Waals surface area contributed by atoms with Crippen molar-refractivity contribution in [1.29, 1.82) is 0 Å². The number of hydrogen-bond acceptors (Lipinski definition) is 3. The van der Waals surface area contributed by atoms with Crippen molar-refractivity contribution in [3.63, 3.8) is 0 Å². The molecule has 0 aliphatic rings. The number of amides is 2. The monoisotopic (exact) mass is 307 g/mol. The second kappa shape index (κ2) is 6.15. The topological polar surface area (TPSA) is 45.2 Å². The number of pyridine rings is 1. The van der Waals surface area contributed by atoms with Gasteiger partial charge in [-0.25, -0.2) is 14.1 Å². The summed E-state index contributed by atoms with van der Waals surface area (Å²) >= 11 is 10.2. The SMILES string of the molecule is Cc1ccc(Cl)cc1N(S)C(=O)Nc1ncccc1C. The number of aromatic nitrogens is 1. The van der Waals surface area contributed by atoms with E-state index in [2.05, 4.69) is 23.1 Å². The summed E-state index contributed by atoms with van der Waals surface area (Å²) in [5, 5.41) is 3.26. The Labute approximate surface area is 128 Å². The highest BCUT2D eigenvalue weighted by molar-refractivity contribution is 7.82. The van der Waals surface area contributed by atoms with Crippen LogP contribution in [0.4, 0.5) is 16.3 Å². The number of hydrogen-bond donors (Lipinski definition) is 2. The van der Waals surface area contributed by atoms with E-state index in [-0.39, 0.29) is 6.03 Å². The summed E-state index contributed by atoms with van der Waals surface area (Å²) in [6.07, 6.45) is 1.62. The molecule has 0 aliphatic heterocycles. The van der Waals surface area contributed by atoms with Gasteiger partial charge in [-0.3, -0.25) is 5.32 Å². The third-order valence-corrected chi connectivity index (χ3v) is 3.46. The molecule has 2 rings (SSSR count). The molecule has 0 spiro atoms. The molecular formula is C14H14ClN3OS. The van der Waals surface area contributed by atoms with E-state index in [4.69, 9.17) is 11.6 Å². The molecular weight excluding hydrogens is 294 g/mol. The van der Waals surface area contributed by atoms with Crippen molar-refractivity contribution in [2.24, 2.45) is 0 Å². The van der Waals surface area contributed by atoms with Crippen molar-refractivity contribution in [3.05, 3.63) is 52.7 Å². The third-order valence-electron chi connectivity index (χ3n) is 2.83. The second-order valence-electron chi connectivity index (χ2n) is 4.34. The minimum atomic E-state index is -0.388. The smallest absolute Gasteiger partial charge is 0.291 e. The van der Waals surface area contributed by atoms with E-state index in [1.54, 1.807) is 18.3 Å². The first-order valence-corrected chi connectivity index (χ1v) is 6.74. The van der Waals surface area contributed by atoms with Gasteiger partial charge < -0.3 is 0 Å². The summed E-state index contributed by atoms with van der Waals surface area (Å²) in [7, 11) is 0. The standard InChI is InChI=1S/C14H14ClN3OS/c1-9-5-6-11(15)8-12(9)18(20)14(19)17-13-10(2)4-3-7-16-13/h3-8,20H,1-2H3,(H,16,17,19). The lowest BCUT2D eigenvalue weighted by molar-refractivity contribution is 0.260. The van der Waals surface area contributed by atoms with Gasteiger partial charge in [-0.1, -0.05) is 36.5 Å². The molecule has 0 radical (unpaired) electrons. The highest BCUT2D eigenvalue weighted by atomic mass is 35.5. The van der Waals surface area contributed by atoms with Gasteiger partial charge in [-0.15, -0.1) is 0 Å². The molecule has 2 amide bonds. The first-order chi connectivity index (χ1) is 9.49. The van der Waals surface area contributed by atoms with Gasteiger partial charge in [-0.05, 0) is 43.2 Å². The van der Waals surface area contributed by atoms with E-state index in [0.29, 0.717) is 16.5 Å². The number of nitrogens with zero attached hydrogens (tertiary/aromatic N) is 2. The zero-order valence-corrected chi connectivity index (χ0v) is 12.7. The van der Waals surface area contributed by atoms with Gasteiger partial charge in [-0.2, -0.15) is 0 Å². The number of rotatable bonds is 2. The van der Waals surface area contributed by atoms with E-state index in [9.17, 15) is 4.79 Å². The van der Waals surface area contributed by atoms with Crippen molar-refractivity contribution in [2.45, 2.75) is 13.8 Å². The average Bonchev–Trinajstić information content (AvgIpc) is 2.43. The number of halogens is 1. The van der Waals surface area contributed by atoms with Crippen LogP contribution in [0.25, 0.3) is 0 Å². The van der Waals surface area contributed by atoms with Crippen LogP contribution in [0.15, 0.2) is 36.5 Å². The van der Waals surface area contributed by atoms with Crippen LogP contribution in [0.3, 0.4) is 0 Å². The second-order valence-corrected chi connectivity index (χ2v) is 5.18. The number of aryl methyl sites for hydroxylation is 2. The molecule has 1 aromatic heterocycles. The Kier molecular flexibility index (Phi) is 4.52. The van der Waals surface area contributed by atoms with Gasteiger partial charge >= 0.3 is 6.03 Å². The first kappa shape index (κ1) is 14.7. The molecule has 1 heterocycles. The molecule has 2 aromatic rings. The third kappa shape index (κ3) is 3.23. The lowest BCUT2D eigenvalue weighted by atomic mass is 10.2. The Morgan fingerprint density at radius 1 is 1.30 bits per heavy atom. The molecule has 0 unspecified atom stereocenters. The molecule has 20 heavy (non-hydrogen) atoms. The number of thiol groups is 1. The molecule has 0 saturated carbocycles. The summed E-state index contributed by atoms with van der Waals surface area (Å²) in [6, 6.07) is 8.58. The Morgan fingerprint density at radius 3 is 2.75 bits per heavy atom. The average molecular weight is 308 g/mol. The van der Waals surface area contributed by atoms with Crippen LogP contribution in [0.2, 0.25) is 5.02 Å². The van der Waals surface area contributed by atoms with E-state index < -0.39 is 0 Å². The van der Waals surface area contributed by atoms with Gasteiger partial charge in [0, 0.05) is 11.2 Å². The minimum Gasteiger partial charge on any atom is -0.291 e. The van der Waals surface area contributed by atoms with E-state index in [1.807, 2.05) is 32.0 Å². The highest BCUT2D eigenvalue weighted by Crippen LogP contribution is 2.26. The van der Waals surface area contributed by atoms with Crippen molar-refractivity contribution in [3.8, 4) is 0 Å². The zero-order valence-electron chi connectivity index (χ0n) is 11.1. The molecule has 104 valence electrons. The number of urea groups is 1. The van der Waals surface area contributed by atoms with Gasteiger partial charge in [0.05, 0.1) is 5.69 Å². The fourth-order valence-corrected chi connectivity index (χ4v) is 2.12. The lowest BCUT2D eigenvalue weighted by Crippen LogP contribution is -2.28. The molecule has 0 aliphatic carbocycles. The fourth-order valence-electron chi connectivity index (χ4n) is 1.69. The van der Waals surface area contributed by atoms with Crippen molar-refractivity contribution < 1.29 is 4.79 Å². The summed E-state index contributed by atoms with van der Waals surface area (Å²) < 4.78 is 1.22. The Morgan fingerprint density at radius 2 is 2.05 bits per heavy atom. The Hall–Kier alpha value is -1.72. The largest absolute Gasteiger partial charge is 0.337 e. The van der Waals surface area contributed by atoms with Crippen molar-refractivity contribution in [1.82, 2.24) is 4.98 Å². The quantitative estimate of drug-likeness (QED) is 0.815. The van der Waals surface area contributed by atoms with Crippen LogP contribution < -0.4 is 9.62 Å². The normalized spacial score (nSPS) is 10.2.